The monoisotopic (exact) mass is 282 g/mol. The highest BCUT2D eigenvalue weighted by atomic mass is 35.5. The Hall–Kier alpha value is -2.32. The van der Waals surface area contributed by atoms with E-state index in [1.807, 2.05) is 60.7 Å². The highest BCUT2D eigenvalue weighted by molar-refractivity contribution is 6.42. The van der Waals surface area contributed by atoms with Crippen molar-refractivity contribution in [1.29, 1.82) is 0 Å². The number of carbonyl (C=O) groups is 1. The minimum atomic E-state index is -0.414. The van der Waals surface area contributed by atoms with Gasteiger partial charge in [-0.3, -0.25) is 0 Å². The lowest BCUT2D eigenvalue weighted by Gasteiger charge is -1.97. The van der Waals surface area contributed by atoms with E-state index in [1.54, 1.807) is 6.08 Å². The predicted molar refractivity (Wildman–Crippen MR) is 79.7 cm³/mol. The number of esters is 1. The molecule has 0 unspecified atom stereocenters. The van der Waals surface area contributed by atoms with Crippen molar-refractivity contribution >= 4 is 29.2 Å². The number of hydrogen-bond acceptors (Lipinski definition) is 2. The Morgan fingerprint density at radius 3 is 2.15 bits per heavy atom. The number of ether oxygens (including phenoxy) is 1. The quantitative estimate of drug-likeness (QED) is 0.770. The first-order valence-corrected chi connectivity index (χ1v) is 6.58. The number of cyclic esters (lactones) is 1. The molecule has 0 radical (unpaired) electrons. The fourth-order valence-corrected chi connectivity index (χ4v) is 2.33. The van der Waals surface area contributed by atoms with Crippen molar-refractivity contribution in [2.45, 2.75) is 0 Å². The van der Waals surface area contributed by atoms with Gasteiger partial charge in [0.1, 0.15) is 0 Å². The standard InChI is InChI=1S/C17H11ClO2/c18-16-14(11-12-7-3-1-4-8-12)20-17(19)15(16)13-9-5-2-6-10-13/h1-11H. The van der Waals surface area contributed by atoms with Crippen molar-refractivity contribution < 1.29 is 9.53 Å². The van der Waals surface area contributed by atoms with Crippen molar-refractivity contribution in [2.24, 2.45) is 0 Å². The fraction of sp³-hybridized carbons (Fsp3) is 0. The lowest BCUT2D eigenvalue weighted by molar-refractivity contribution is -0.131. The molecule has 0 fully saturated rings. The average Bonchev–Trinajstić information content (AvgIpc) is 2.75. The van der Waals surface area contributed by atoms with E-state index in [0.717, 1.165) is 11.1 Å². The van der Waals surface area contributed by atoms with E-state index in [0.29, 0.717) is 16.4 Å². The SMILES string of the molecule is O=C1OC(=Cc2ccccc2)C(Cl)=C1c1ccccc1. The molecule has 0 saturated heterocycles. The fourth-order valence-electron chi connectivity index (χ4n) is 2.05. The summed E-state index contributed by atoms with van der Waals surface area (Å²) in [5, 5.41) is 0.352. The summed E-state index contributed by atoms with van der Waals surface area (Å²) in [7, 11) is 0. The van der Waals surface area contributed by atoms with Crippen molar-refractivity contribution in [3.63, 3.8) is 0 Å². The van der Waals surface area contributed by atoms with E-state index in [9.17, 15) is 4.79 Å². The first-order valence-electron chi connectivity index (χ1n) is 6.20. The highest BCUT2D eigenvalue weighted by Crippen LogP contribution is 2.36. The van der Waals surface area contributed by atoms with Crippen molar-refractivity contribution in [1.82, 2.24) is 0 Å². The Morgan fingerprint density at radius 1 is 0.900 bits per heavy atom. The van der Waals surface area contributed by atoms with Crippen LogP contribution in [0.25, 0.3) is 11.6 Å². The third kappa shape index (κ3) is 2.38. The highest BCUT2D eigenvalue weighted by Gasteiger charge is 2.29. The third-order valence-corrected chi connectivity index (χ3v) is 3.38. The Bertz CT molecular complexity index is 700. The summed E-state index contributed by atoms with van der Waals surface area (Å²) in [5.41, 5.74) is 2.11. The van der Waals surface area contributed by atoms with E-state index in [2.05, 4.69) is 0 Å². The summed E-state index contributed by atoms with van der Waals surface area (Å²) in [4.78, 5) is 12.0. The summed E-state index contributed by atoms with van der Waals surface area (Å²) < 4.78 is 5.26. The molecule has 0 saturated carbocycles. The minimum absolute atomic E-state index is 0.352. The molecule has 3 heteroatoms. The molecule has 2 aromatic carbocycles. The molecular weight excluding hydrogens is 272 g/mol. The molecule has 98 valence electrons. The van der Waals surface area contributed by atoms with E-state index >= 15 is 0 Å². The first-order chi connectivity index (χ1) is 9.75. The van der Waals surface area contributed by atoms with Gasteiger partial charge in [0, 0.05) is 0 Å². The molecule has 1 heterocycles. The second-order valence-electron chi connectivity index (χ2n) is 4.36. The normalized spacial score (nSPS) is 16.6. The second kappa shape index (κ2) is 5.35. The van der Waals surface area contributed by atoms with Crippen LogP contribution in [0, 0.1) is 0 Å². The van der Waals surface area contributed by atoms with Crippen LogP contribution in [0.5, 0.6) is 0 Å². The maximum Gasteiger partial charge on any atom is 0.345 e. The van der Waals surface area contributed by atoms with Crippen LogP contribution in [-0.2, 0) is 9.53 Å². The van der Waals surface area contributed by atoms with Gasteiger partial charge in [0.05, 0.1) is 10.6 Å². The first kappa shape index (κ1) is 12.7. The van der Waals surface area contributed by atoms with Gasteiger partial charge in [-0.25, -0.2) is 4.79 Å². The maximum atomic E-state index is 12.0. The van der Waals surface area contributed by atoms with E-state index in [-0.39, 0.29) is 0 Å². The summed E-state index contributed by atoms with van der Waals surface area (Å²) in [6, 6.07) is 18.9. The van der Waals surface area contributed by atoms with Gasteiger partial charge in [-0.05, 0) is 17.2 Å². The van der Waals surface area contributed by atoms with Gasteiger partial charge in [-0.15, -0.1) is 0 Å². The lowest BCUT2D eigenvalue weighted by atomic mass is 10.1. The zero-order chi connectivity index (χ0) is 13.9. The number of halogens is 1. The van der Waals surface area contributed by atoms with Crippen LogP contribution in [0.2, 0.25) is 0 Å². The molecule has 2 aromatic rings. The van der Waals surface area contributed by atoms with Gasteiger partial charge in [0.15, 0.2) is 5.76 Å². The summed E-state index contributed by atoms with van der Waals surface area (Å²) in [6.07, 6.45) is 1.76. The Labute approximate surface area is 122 Å². The van der Waals surface area contributed by atoms with Gasteiger partial charge >= 0.3 is 5.97 Å². The molecule has 0 amide bonds. The molecule has 0 spiro atoms. The molecule has 0 aliphatic carbocycles. The summed E-state index contributed by atoms with van der Waals surface area (Å²) >= 11 is 6.29. The molecule has 0 bridgehead atoms. The Balaban J connectivity index is 2.03. The predicted octanol–water partition coefficient (Wildman–Crippen LogP) is 4.23. The molecule has 1 aliphatic heterocycles. The van der Waals surface area contributed by atoms with Crippen molar-refractivity contribution in [3.05, 3.63) is 82.6 Å². The number of benzene rings is 2. The van der Waals surface area contributed by atoms with Crippen molar-refractivity contribution in [3.8, 4) is 0 Å². The zero-order valence-corrected chi connectivity index (χ0v) is 11.3. The number of hydrogen-bond donors (Lipinski definition) is 0. The molecule has 1 aliphatic rings. The maximum absolute atomic E-state index is 12.0. The molecule has 20 heavy (non-hydrogen) atoms. The molecule has 3 rings (SSSR count). The topological polar surface area (TPSA) is 26.3 Å². The van der Waals surface area contributed by atoms with Gasteiger partial charge < -0.3 is 4.74 Å². The van der Waals surface area contributed by atoms with Gasteiger partial charge in [0.25, 0.3) is 0 Å². The summed E-state index contributed by atoms with van der Waals surface area (Å²) in [6.45, 7) is 0. The molecule has 0 N–H and O–H groups in total. The Kier molecular flexibility index (Phi) is 3.40. The molecule has 0 atom stereocenters. The molecular formula is C17H11ClO2. The number of allylic oxidation sites excluding steroid dienone is 1. The van der Waals surface area contributed by atoms with Crippen LogP contribution >= 0.6 is 11.6 Å². The largest absolute Gasteiger partial charge is 0.421 e. The van der Waals surface area contributed by atoms with Crippen LogP contribution in [0.4, 0.5) is 0 Å². The minimum Gasteiger partial charge on any atom is -0.421 e. The molecule has 0 aromatic heterocycles. The van der Waals surface area contributed by atoms with Gasteiger partial charge in [-0.2, -0.15) is 0 Å². The van der Waals surface area contributed by atoms with Crippen LogP contribution < -0.4 is 0 Å². The van der Waals surface area contributed by atoms with Crippen LogP contribution in [0.1, 0.15) is 11.1 Å². The van der Waals surface area contributed by atoms with Crippen molar-refractivity contribution in [2.75, 3.05) is 0 Å². The number of rotatable bonds is 2. The smallest absolute Gasteiger partial charge is 0.345 e. The lowest BCUT2D eigenvalue weighted by Crippen LogP contribution is -1.97. The van der Waals surface area contributed by atoms with Crippen LogP contribution in [0.3, 0.4) is 0 Å². The number of carbonyl (C=O) groups excluding carboxylic acids is 1. The second-order valence-corrected chi connectivity index (χ2v) is 4.74. The third-order valence-electron chi connectivity index (χ3n) is 3.00. The average molecular weight is 283 g/mol. The summed E-state index contributed by atoms with van der Waals surface area (Å²) in [5.74, 6) is -0.0231. The van der Waals surface area contributed by atoms with Crippen LogP contribution in [-0.4, -0.2) is 5.97 Å². The van der Waals surface area contributed by atoms with Gasteiger partial charge in [0.2, 0.25) is 0 Å². The molecule has 2 nitrogen and oxygen atoms in total. The van der Waals surface area contributed by atoms with Gasteiger partial charge in [-0.1, -0.05) is 72.3 Å². The Morgan fingerprint density at radius 2 is 1.50 bits per heavy atom. The van der Waals surface area contributed by atoms with E-state index in [1.165, 1.54) is 0 Å². The zero-order valence-electron chi connectivity index (χ0n) is 10.5. The van der Waals surface area contributed by atoms with E-state index in [4.69, 9.17) is 16.3 Å². The van der Waals surface area contributed by atoms with E-state index < -0.39 is 5.97 Å². The van der Waals surface area contributed by atoms with Crippen LogP contribution in [0.15, 0.2) is 71.5 Å².